The zero-order chi connectivity index (χ0) is 13.6. The standard InChI is InChI=1S/C14H20O3S/c1-4-12(2)6-5-11-17-18(15,16)14-9-7-13(3)8-10-14/h4,7-10,12H,1,5-6,11H2,2-3H3/t12-/m1/s1. The fourth-order valence-corrected chi connectivity index (χ4v) is 2.41. The van der Waals surface area contributed by atoms with Crippen LogP contribution in [0.15, 0.2) is 41.8 Å². The van der Waals surface area contributed by atoms with Gasteiger partial charge in [0.1, 0.15) is 0 Å². The molecular formula is C14H20O3S. The van der Waals surface area contributed by atoms with Crippen molar-refractivity contribution in [2.75, 3.05) is 6.61 Å². The van der Waals surface area contributed by atoms with E-state index in [1.54, 1.807) is 24.3 Å². The number of allylic oxidation sites excluding steroid dienone is 1. The number of aryl methyl sites for hydroxylation is 1. The summed E-state index contributed by atoms with van der Waals surface area (Å²) in [5.74, 6) is 0.385. The number of hydrogen-bond donors (Lipinski definition) is 0. The van der Waals surface area contributed by atoms with Crippen LogP contribution in [0.4, 0.5) is 0 Å². The smallest absolute Gasteiger partial charge is 0.266 e. The molecule has 0 unspecified atom stereocenters. The lowest BCUT2D eigenvalue weighted by Crippen LogP contribution is -2.08. The maximum atomic E-state index is 11.8. The summed E-state index contributed by atoms with van der Waals surface area (Å²) >= 11 is 0. The Bertz CT molecular complexity index is 474. The van der Waals surface area contributed by atoms with Gasteiger partial charge >= 0.3 is 0 Å². The van der Waals surface area contributed by atoms with Gasteiger partial charge in [0.05, 0.1) is 11.5 Å². The van der Waals surface area contributed by atoms with Crippen molar-refractivity contribution in [2.45, 2.75) is 31.6 Å². The summed E-state index contributed by atoms with van der Waals surface area (Å²) in [4.78, 5) is 0.213. The first-order chi connectivity index (χ1) is 8.45. The Hall–Kier alpha value is -1.13. The van der Waals surface area contributed by atoms with Gasteiger partial charge in [-0.15, -0.1) is 6.58 Å². The van der Waals surface area contributed by atoms with Gasteiger partial charge in [-0.05, 0) is 37.8 Å². The number of benzene rings is 1. The Morgan fingerprint density at radius 2 is 1.94 bits per heavy atom. The Balaban J connectivity index is 2.50. The van der Waals surface area contributed by atoms with E-state index < -0.39 is 10.1 Å². The Morgan fingerprint density at radius 1 is 1.33 bits per heavy atom. The first kappa shape index (κ1) is 14.9. The molecule has 1 aromatic rings. The Kier molecular flexibility index (Phi) is 5.56. The largest absolute Gasteiger partial charge is 0.296 e. The summed E-state index contributed by atoms with van der Waals surface area (Å²) in [6, 6.07) is 6.65. The van der Waals surface area contributed by atoms with Crippen molar-refractivity contribution in [2.24, 2.45) is 5.92 Å². The highest BCUT2D eigenvalue weighted by Gasteiger charge is 2.14. The molecular weight excluding hydrogens is 248 g/mol. The third-order valence-electron chi connectivity index (χ3n) is 2.75. The summed E-state index contributed by atoms with van der Waals surface area (Å²) in [6.07, 6.45) is 3.44. The second-order valence-corrected chi connectivity index (χ2v) is 6.06. The topological polar surface area (TPSA) is 43.4 Å². The molecule has 0 aliphatic rings. The molecule has 18 heavy (non-hydrogen) atoms. The van der Waals surface area contributed by atoms with Crippen molar-refractivity contribution in [3.8, 4) is 0 Å². The summed E-state index contributed by atoms with van der Waals surface area (Å²) < 4.78 is 28.6. The van der Waals surface area contributed by atoms with E-state index in [1.807, 2.05) is 19.9 Å². The van der Waals surface area contributed by atoms with Gasteiger partial charge in [0.25, 0.3) is 10.1 Å². The zero-order valence-electron chi connectivity index (χ0n) is 10.9. The maximum Gasteiger partial charge on any atom is 0.296 e. The van der Waals surface area contributed by atoms with Gasteiger partial charge in [0, 0.05) is 0 Å². The summed E-state index contributed by atoms with van der Waals surface area (Å²) in [5.41, 5.74) is 1.02. The molecule has 0 fully saturated rings. The van der Waals surface area contributed by atoms with E-state index in [0.717, 1.165) is 12.0 Å². The summed E-state index contributed by atoms with van der Waals surface area (Å²) in [5, 5.41) is 0. The van der Waals surface area contributed by atoms with E-state index in [2.05, 4.69) is 6.58 Å². The minimum Gasteiger partial charge on any atom is -0.266 e. The molecule has 1 rings (SSSR count). The molecule has 0 N–H and O–H groups in total. The van der Waals surface area contributed by atoms with Crippen LogP contribution in [0.1, 0.15) is 25.3 Å². The lowest BCUT2D eigenvalue weighted by molar-refractivity contribution is 0.303. The number of rotatable bonds is 7. The van der Waals surface area contributed by atoms with Gasteiger partial charge in [-0.2, -0.15) is 8.42 Å². The van der Waals surface area contributed by atoms with Gasteiger partial charge < -0.3 is 0 Å². The number of hydrogen-bond acceptors (Lipinski definition) is 3. The van der Waals surface area contributed by atoms with Gasteiger partial charge in [0.15, 0.2) is 0 Å². The van der Waals surface area contributed by atoms with Crippen molar-refractivity contribution in [3.05, 3.63) is 42.5 Å². The van der Waals surface area contributed by atoms with Crippen LogP contribution in [0.5, 0.6) is 0 Å². The van der Waals surface area contributed by atoms with Crippen molar-refractivity contribution in [1.82, 2.24) is 0 Å². The molecule has 0 aromatic heterocycles. The van der Waals surface area contributed by atoms with Crippen LogP contribution in [0.2, 0.25) is 0 Å². The van der Waals surface area contributed by atoms with Crippen molar-refractivity contribution >= 4 is 10.1 Å². The van der Waals surface area contributed by atoms with Crippen LogP contribution < -0.4 is 0 Å². The molecule has 0 radical (unpaired) electrons. The predicted octanol–water partition coefficient (Wildman–Crippen LogP) is 3.30. The van der Waals surface area contributed by atoms with Crippen LogP contribution in [-0.2, 0) is 14.3 Å². The van der Waals surface area contributed by atoms with Crippen LogP contribution >= 0.6 is 0 Å². The molecule has 0 spiro atoms. The van der Waals surface area contributed by atoms with Crippen molar-refractivity contribution in [3.63, 3.8) is 0 Å². The first-order valence-corrected chi connectivity index (χ1v) is 7.45. The fraction of sp³-hybridized carbons (Fsp3) is 0.429. The molecule has 4 heteroatoms. The van der Waals surface area contributed by atoms with Crippen LogP contribution in [0.25, 0.3) is 0 Å². The van der Waals surface area contributed by atoms with Crippen LogP contribution in [-0.4, -0.2) is 15.0 Å². The fourth-order valence-electron chi connectivity index (χ4n) is 1.46. The van der Waals surface area contributed by atoms with E-state index >= 15 is 0 Å². The molecule has 0 saturated carbocycles. The molecule has 1 aromatic carbocycles. The normalized spacial score (nSPS) is 13.2. The minimum atomic E-state index is -3.61. The van der Waals surface area contributed by atoms with Gasteiger partial charge in [-0.1, -0.05) is 30.7 Å². The molecule has 3 nitrogen and oxygen atoms in total. The zero-order valence-corrected chi connectivity index (χ0v) is 11.7. The minimum absolute atomic E-state index is 0.213. The maximum absolute atomic E-state index is 11.8. The Labute approximate surface area is 110 Å². The third-order valence-corrected chi connectivity index (χ3v) is 4.08. The SMILES string of the molecule is C=C[C@@H](C)CCCOS(=O)(=O)c1ccc(C)cc1. The van der Waals surface area contributed by atoms with E-state index in [-0.39, 0.29) is 11.5 Å². The molecule has 0 amide bonds. The lowest BCUT2D eigenvalue weighted by Gasteiger charge is -2.07. The molecule has 0 heterocycles. The Morgan fingerprint density at radius 3 is 2.50 bits per heavy atom. The summed E-state index contributed by atoms with van der Waals surface area (Å²) in [6.45, 7) is 7.86. The summed E-state index contributed by atoms with van der Waals surface area (Å²) in [7, 11) is -3.61. The molecule has 0 aliphatic carbocycles. The average molecular weight is 268 g/mol. The quantitative estimate of drug-likeness (QED) is 0.433. The second kappa shape index (κ2) is 6.71. The van der Waals surface area contributed by atoms with Crippen LogP contribution in [0, 0.1) is 12.8 Å². The monoisotopic (exact) mass is 268 g/mol. The highest BCUT2D eigenvalue weighted by Crippen LogP contribution is 2.14. The molecule has 0 aliphatic heterocycles. The van der Waals surface area contributed by atoms with Gasteiger partial charge in [0.2, 0.25) is 0 Å². The molecule has 1 atom stereocenters. The van der Waals surface area contributed by atoms with E-state index in [1.165, 1.54) is 0 Å². The highest BCUT2D eigenvalue weighted by atomic mass is 32.2. The van der Waals surface area contributed by atoms with Gasteiger partial charge in [-0.25, -0.2) is 0 Å². The molecule has 0 saturated heterocycles. The van der Waals surface area contributed by atoms with E-state index in [4.69, 9.17) is 4.18 Å². The van der Waals surface area contributed by atoms with Crippen molar-refractivity contribution in [1.29, 1.82) is 0 Å². The van der Waals surface area contributed by atoms with Crippen molar-refractivity contribution < 1.29 is 12.6 Å². The van der Waals surface area contributed by atoms with Gasteiger partial charge in [-0.3, -0.25) is 4.18 Å². The molecule has 0 bridgehead atoms. The average Bonchev–Trinajstić information content (AvgIpc) is 2.35. The predicted molar refractivity (Wildman–Crippen MR) is 72.9 cm³/mol. The van der Waals surface area contributed by atoms with E-state index in [9.17, 15) is 8.42 Å². The lowest BCUT2D eigenvalue weighted by atomic mass is 10.1. The van der Waals surface area contributed by atoms with E-state index in [0.29, 0.717) is 12.3 Å². The first-order valence-electron chi connectivity index (χ1n) is 6.04. The van der Waals surface area contributed by atoms with Crippen LogP contribution in [0.3, 0.4) is 0 Å². The highest BCUT2D eigenvalue weighted by molar-refractivity contribution is 7.86. The molecule has 100 valence electrons. The second-order valence-electron chi connectivity index (χ2n) is 4.44. The third kappa shape index (κ3) is 4.63.